The van der Waals surface area contributed by atoms with Crippen LogP contribution in [0.1, 0.15) is 19.8 Å². The van der Waals surface area contributed by atoms with E-state index < -0.39 is 0 Å². The topological polar surface area (TPSA) is 39.7 Å². The number of piperazine rings is 1. The van der Waals surface area contributed by atoms with Gasteiger partial charge in [-0.2, -0.15) is 0 Å². The van der Waals surface area contributed by atoms with Crippen LogP contribution in [0.4, 0.5) is 5.82 Å². The highest BCUT2D eigenvalue weighted by atomic mass is 35.5. The standard InChI is InChI=1S/C16H25ClN4O/c1-3-8-19(2)9-7-16(22)21-12-10-20(11-13-21)15-6-4-5-14(17)18-15/h4-6H,3,7-13H2,1-2H3. The van der Waals surface area contributed by atoms with Gasteiger partial charge in [-0.1, -0.05) is 24.6 Å². The monoisotopic (exact) mass is 324 g/mol. The zero-order valence-corrected chi connectivity index (χ0v) is 14.2. The van der Waals surface area contributed by atoms with Crippen molar-refractivity contribution in [1.29, 1.82) is 0 Å². The molecular formula is C16H25ClN4O. The Morgan fingerprint density at radius 1 is 1.27 bits per heavy atom. The van der Waals surface area contributed by atoms with Crippen LogP contribution < -0.4 is 4.90 Å². The number of hydrogen-bond donors (Lipinski definition) is 0. The molecule has 1 aromatic rings. The number of carbonyl (C=O) groups is 1. The fourth-order valence-electron chi connectivity index (χ4n) is 2.70. The molecule has 0 radical (unpaired) electrons. The van der Waals surface area contributed by atoms with Crippen LogP contribution in [0, 0.1) is 0 Å². The van der Waals surface area contributed by atoms with Gasteiger partial charge in [-0.25, -0.2) is 4.98 Å². The Kier molecular flexibility index (Phi) is 6.46. The van der Waals surface area contributed by atoms with E-state index in [0.29, 0.717) is 11.6 Å². The molecule has 0 bridgehead atoms. The predicted octanol–water partition coefficient (Wildman–Crippen LogP) is 2.12. The Balaban J connectivity index is 1.78. The summed E-state index contributed by atoms with van der Waals surface area (Å²) in [5.41, 5.74) is 0. The van der Waals surface area contributed by atoms with Gasteiger partial charge >= 0.3 is 0 Å². The van der Waals surface area contributed by atoms with Crippen LogP contribution in [-0.4, -0.2) is 67.0 Å². The summed E-state index contributed by atoms with van der Waals surface area (Å²) in [6.45, 7) is 7.16. The molecule has 122 valence electrons. The van der Waals surface area contributed by atoms with Crippen LogP contribution in [0.3, 0.4) is 0 Å². The largest absolute Gasteiger partial charge is 0.353 e. The summed E-state index contributed by atoms with van der Waals surface area (Å²) >= 11 is 5.93. The molecule has 1 saturated heterocycles. The van der Waals surface area contributed by atoms with E-state index >= 15 is 0 Å². The molecule has 0 N–H and O–H groups in total. The number of halogens is 1. The molecule has 1 aromatic heterocycles. The van der Waals surface area contributed by atoms with Crippen LogP contribution >= 0.6 is 11.6 Å². The lowest BCUT2D eigenvalue weighted by molar-refractivity contribution is -0.131. The highest BCUT2D eigenvalue weighted by molar-refractivity contribution is 6.29. The Morgan fingerprint density at radius 3 is 2.64 bits per heavy atom. The first kappa shape index (κ1) is 17.0. The van der Waals surface area contributed by atoms with Gasteiger partial charge < -0.3 is 14.7 Å². The first-order valence-corrected chi connectivity index (χ1v) is 8.31. The second-order valence-electron chi connectivity index (χ2n) is 5.74. The lowest BCUT2D eigenvalue weighted by atomic mass is 10.2. The van der Waals surface area contributed by atoms with E-state index in [1.165, 1.54) is 0 Å². The summed E-state index contributed by atoms with van der Waals surface area (Å²) in [6, 6.07) is 5.65. The number of hydrogen-bond acceptors (Lipinski definition) is 4. The maximum Gasteiger partial charge on any atom is 0.223 e. The first-order chi connectivity index (χ1) is 10.6. The van der Waals surface area contributed by atoms with Crippen molar-refractivity contribution in [3.05, 3.63) is 23.4 Å². The van der Waals surface area contributed by atoms with Crippen LogP contribution in [0.2, 0.25) is 5.15 Å². The van der Waals surface area contributed by atoms with Gasteiger partial charge in [0.1, 0.15) is 11.0 Å². The van der Waals surface area contributed by atoms with Gasteiger partial charge in [-0.3, -0.25) is 4.79 Å². The summed E-state index contributed by atoms with van der Waals surface area (Å²) < 4.78 is 0. The third-order valence-electron chi connectivity index (χ3n) is 3.97. The Bertz CT molecular complexity index is 489. The average Bonchev–Trinajstić information content (AvgIpc) is 2.53. The zero-order chi connectivity index (χ0) is 15.9. The van der Waals surface area contributed by atoms with Crippen molar-refractivity contribution < 1.29 is 4.79 Å². The lowest BCUT2D eigenvalue weighted by Gasteiger charge is -2.35. The average molecular weight is 325 g/mol. The van der Waals surface area contributed by atoms with Crippen molar-refractivity contribution in [2.24, 2.45) is 0 Å². The third-order valence-corrected chi connectivity index (χ3v) is 4.18. The Hall–Kier alpha value is -1.33. The number of nitrogens with zero attached hydrogens (tertiary/aromatic N) is 4. The van der Waals surface area contributed by atoms with E-state index in [-0.39, 0.29) is 5.91 Å². The number of rotatable bonds is 6. The van der Waals surface area contributed by atoms with Gasteiger partial charge in [-0.15, -0.1) is 0 Å². The van der Waals surface area contributed by atoms with Crippen molar-refractivity contribution >= 4 is 23.3 Å². The molecule has 0 atom stereocenters. The smallest absolute Gasteiger partial charge is 0.223 e. The highest BCUT2D eigenvalue weighted by Crippen LogP contribution is 2.16. The van der Waals surface area contributed by atoms with Gasteiger partial charge in [0.15, 0.2) is 0 Å². The fraction of sp³-hybridized carbons (Fsp3) is 0.625. The molecule has 0 spiro atoms. The van der Waals surface area contributed by atoms with Crippen molar-refractivity contribution in [3.8, 4) is 0 Å². The number of pyridine rings is 1. The summed E-state index contributed by atoms with van der Waals surface area (Å²) in [6.07, 6.45) is 1.72. The predicted molar refractivity (Wildman–Crippen MR) is 90.4 cm³/mol. The second kappa shape index (κ2) is 8.34. The van der Waals surface area contributed by atoms with E-state index in [2.05, 4.69) is 28.8 Å². The molecule has 0 unspecified atom stereocenters. The molecule has 22 heavy (non-hydrogen) atoms. The highest BCUT2D eigenvalue weighted by Gasteiger charge is 2.21. The van der Waals surface area contributed by atoms with Crippen molar-refractivity contribution in [3.63, 3.8) is 0 Å². The summed E-state index contributed by atoms with van der Waals surface area (Å²) in [4.78, 5) is 22.9. The maximum absolute atomic E-state index is 12.2. The number of anilines is 1. The van der Waals surface area contributed by atoms with E-state index in [0.717, 1.165) is 51.5 Å². The molecule has 2 rings (SSSR count). The molecular weight excluding hydrogens is 300 g/mol. The minimum Gasteiger partial charge on any atom is -0.353 e. The fourth-order valence-corrected chi connectivity index (χ4v) is 2.86. The minimum atomic E-state index is 0.252. The molecule has 1 aliphatic rings. The third kappa shape index (κ3) is 4.85. The molecule has 1 fully saturated rings. The molecule has 0 saturated carbocycles. The zero-order valence-electron chi connectivity index (χ0n) is 13.5. The van der Waals surface area contributed by atoms with Gasteiger partial charge in [0.2, 0.25) is 5.91 Å². The van der Waals surface area contributed by atoms with E-state index in [9.17, 15) is 4.79 Å². The summed E-state index contributed by atoms with van der Waals surface area (Å²) in [7, 11) is 2.07. The molecule has 1 amide bonds. The summed E-state index contributed by atoms with van der Waals surface area (Å²) in [5.74, 6) is 1.14. The van der Waals surface area contributed by atoms with Gasteiger partial charge in [0.05, 0.1) is 0 Å². The van der Waals surface area contributed by atoms with Crippen molar-refractivity contribution in [2.75, 3.05) is 51.2 Å². The molecule has 1 aliphatic heterocycles. The van der Waals surface area contributed by atoms with Crippen molar-refractivity contribution in [1.82, 2.24) is 14.8 Å². The van der Waals surface area contributed by atoms with Gasteiger partial charge in [0, 0.05) is 39.1 Å². The molecule has 5 nitrogen and oxygen atoms in total. The van der Waals surface area contributed by atoms with E-state index in [1.54, 1.807) is 6.07 Å². The van der Waals surface area contributed by atoms with Crippen molar-refractivity contribution in [2.45, 2.75) is 19.8 Å². The lowest BCUT2D eigenvalue weighted by Crippen LogP contribution is -2.49. The van der Waals surface area contributed by atoms with Crippen LogP contribution in [0.15, 0.2) is 18.2 Å². The number of aromatic nitrogens is 1. The van der Waals surface area contributed by atoms with Crippen LogP contribution in [0.5, 0.6) is 0 Å². The quantitative estimate of drug-likeness (QED) is 0.751. The SMILES string of the molecule is CCCN(C)CCC(=O)N1CCN(c2cccc(Cl)n2)CC1. The molecule has 0 aromatic carbocycles. The first-order valence-electron chi connectivity index (χ1n) is 7.94. The number of amides is 1. The Labute approximate surface area is 137 Å². The van der Waals surface area contributed by atoms with E-state index in [4.69, 9.17) is 11.6 Å². The summed E-state index contributed by atoms with van der Waals surface area (Å²) in [5, 5.41) is 0.509. The molecule has 6 heteroatoms. The van der Waals surface area contributed by atoms with Crippen LogP contribution in [-0.2, 0) is 4.79 Å². The number of carbonyl (C=O) groups excluding carboxylic acids is 1. The van der Waals surface area contributed by atoms with Gasteiger partial charge in [-0.05, 0) is 32.1 Å². The van der Waals surface area contributed by atoms with Gasteiger partial charge in [0.25, 0.3) is 0 Å². The Morgan fingerprint density at radius 2 is 2.00 bits per heavy atom. The minimum absolute atomic E-state index is 0.252. The normalized spacial score (nSPS) is 15.5. The molecule has 0 aliphatic carbocycles. The van der Waals surface area contributed by atoms with E-state index in [1.807, 2.05) is 17.0 Å². The molecule has 2 heterocycles. The maximum atomic E-state index is 12.2. The second-order valence-corrected chi connectivity index (χ2v) is 6.13. The van der Waals surface area contributed by atoms with Crippen LogP contribution in [0.25, 0.3) is 0 Å².